The lowest BCUT2D eigenvalue weighted by atomic mass is 9.98. The lowest BCUT2D eigenvalue weighted by molar-refractivity contribution is -0.133. The standard InChI is InChI=1S/C16H32N2O/c1-7-9-15-17-13(10-11(3)4)16(19)18(15)14(8-2)12(5)6/h11-15,17H,7-10H2,1-6H3. The van der Waals surface area contributed by atoms with Crippen LogP contribution in [0.1, 0.15) is 67.2 Å². The zero-order valence-corrected chi connectivity index (χ0v) is 13.6. The minimum absolute atomic E-state index is 0.0318. The molecule has 0 aromatic carbocycles. The number of nitrogens with zero attached hydrogens (tertiary/aromatic N) is 1. The topological polar surface area (TPSA) is 32.3 Å². The first-order chi connectivity index (χ1) is 8.92. The first-order valence-corrected chi connectivity index (χ1v) is 8.00. The van der Waals surface area contributed by atoms with Gasteiger partial charge in [0.25, 0.3) is 0 Å². The summed E-state index contributed by atoms with van der Waals surface area (Å²) in [7, 11) is 0. The van der Waals surface area contributed by atoms with Crippen LogP contribution in [0.2, 0.25) is 0 Å². The molecule has 112 valence electrons. The number of carbonyl (C=O) groups is 1. The summed E-state index contributed by atoms with van der Waals surface area (Å²) in [6.45, 7) is 13.2. The third kappa shape index (κ3) is 3.95. The fourth-order valence-electron chi connectivity index (χ4n) is 3.24. The van der Waals surface area contributed by atoms with Gasteiger partial charge in [-0.2, -0.15) is 0 Å². The number of carbonyl (C=O) groups excluding carboxylic acids is 1. The quantitative estimate of drug-likeness (QED) is 0.767. The molecule has 1 saturated heterocycles. The molecule has 0 aromatic heterocycles. The summed E-state index contributed by atoms with van der Waals surface area (Å²) in [5, 5.41) is 3.57. The van der Waals surface area contributed by atoms with Gasteiger partial charge in [-0.15, -0.1) is 0 Å². The van der Waals surface area contributed by atoms with Gasteiger partial charge in [0.15, 0.2) is 0 Å². The maximum Gasteiger partial charge on any atom is 0.241 e. The van der Waals surface area contributed by atoms with E-state index in [9.17, 15) is 4.79 Å². The van der Waals surface area contributed by atoms with E-state index >= 15 is 0 Å². The summed E-state index contributed by atoms with van der Waals surface area (Å²) in [6.07, 6.45) is 4.41. The van der Waals surface area contributed by atoms with Gasteiger partial charge >= 0.3 is 0 Å². The number of hydrogen-bond donors (Lipinski definition) is 1. The minimum atomic E-state index is 0.0318. The molecule has 3 atom stereocenters. The molecule has 0 aliphatic carbocycles. The third-order valence-electron chi connectivity index (χ3n) is 4.10. The summed E-state index contributed by atoms with van der Waals surface area (Å²) in [4.78, 5) is 14.8. The van der Waals surface area contributed by atoms with Crippen LogP contribution in [0.4, 0.5) is 0 Å². The normalized spacial score (nSPS) is 25.7. The first kappa shape index (κ1) is 16.5. The van der Waals surface area contributed by atoms with Crippen molar-refractivity contribution < 1.29 is 4.79 Å². The van der Waals surface area contributed by atoms with E-state index in [0.717, 1.165) is 25.7 Å². The molecular formula is C16H32N2O. The highest BCUT2D eigenvalue weighted by Crippen LogP contribution is 2.26. The van der Waals surface area contributed by atoms with Crippen LogP contribution in [0.25, 0.3) is 0 Å². The van der Waals surface area contributed by atoms with Crippen LogP contribution in [0.5, 0.6) is 0 Å². The number of nitrogens with one attached hydrogen (secondary N) is 1. The lowest BCUT2D eigenvalue weighted by Gasteiger charge is -2.34. The Balaban J connectivity index is 2.87. The van der Waals surface area contributed by atoms with Crippen molar-refractivity contribution in [2.75, 3.05) is 0 Å². The molecule has 1 rings (SSSR count). The average molecular weight is 268 g/mol. The Morgan fingerprint density at radius 1 is 1.21 bits per heavy atom. The Bertz CT molecular complexity index is 288. The van der Waals surface area contributed by atoms with Gasteiger partial charge in [0, 0.05) is 6.04 Å². The molecule has 1 fully saturated rings. The third-order valence-corrected chi connectivity index (χ3v) is 4.10. The van der Waals surface area contributed by atoms with Gasteiger partial charge in [0.05, 0.1) is 12.2 Å². The molecule has 3 heteroatoms. The molecule has 0 aromatic rings. The van der Waals surface area contributed by atoms with Crippen molar-refractivity contribution in [3.05, 3.63) is 0 Å². The highest BCUT2D eigenvalue weighted by Gasteiger charge is 2.42. The average Bonchev–Trinajstić information content (AvgIpc) is 2.58. The van der Waals surface area contributed by atoms with E-state index in [0.29, 0.717) is 23.8 Å². The second-order valence-electron chi connectivity index (χ2n) is 6.62. The van der Waals surface area contributed by atoms with E-state index in [2.05, 4.69) is 51.8 Å². The van der Waals surface area contributed by atoms with Crippen LogP contribution in [-0.4, -0.2) is 29.1 Å². The van der Waals surface area contributed by atoms with E-state index in [1.54, 1.807) is 0 Å². The highest BCUT2D eigenvalue weighted by atomic mass is 16.2. The van der Waals surface area contributed by atoms with Crippen LogP contribution in [0.15, 0.2) is 0 Å². The zero-order chi connectivity index (χ0) is 14.6. The molecule has 0 radical (unpaired) electrons. The van der Waals surface area contributed by atoms with Gasteiger partial charge in [0.2, 0.25) is 5.91 Å². The predicted molar refractivity (Wildman–Crippen MR) is 80.8 cm³/mol. The Kier molecular flexibility index (Phi) is 6.31. The van der Waals surface area contributed by atoms with Crippen molar-refractivity contribution in [3.63, 3.8) is 0 Å². The SMILES string of the molecule is CCCC1NC(CC(C)C)C(=O)N1C(CC)C(C)C. The number of hydrogen-bond acceptors (Lipinski definition) is 2. The van der Waals surface area contributed by atoms with Crippen molar-refractivity contribution in [1.29, 1.82) is 0 Å². The summed E-state index contributed by atoms with van der Waals surface area (Å²) in [5.74, 6) is 1.41. The molecule has 19 heavy (non-hydrogen) atoms. The fraction of sp³-hybridized carbons (Fsp3) is 0.938. The second kappa shape index (κ2) is 7.28. The molecule has 3 unspecified atom stereocenters. The molecule has 0 bridgehead atoms. The van der Waals surface area contributed by atoms with Crippen molar-refractivity contribution in [2.45, 2.75) is 85.5 Å². The Labute approximate surface area is 119 Å². The van der Waals surface area contributed by atoms with Crippen molar-refractivity contribution in [3.8, 4) is 0 Å². The van der Waals surface area contributed by atoms with E-state index in [4.69, 9.17) is 0 Å². The summed E-state index contributed by atoms with van der Waals surface area (Å²) in [5.41, 5.74) is 0. The largest absolute Gasteiger partial charge is 0.323 e. The van der Waals surface area contributed by atoms with Crippen LogP contribution in [-0.2, 0) is 4.79 Å². The maximum atomic E-state index is 12.7. The second-order valence-corrected chi connectivity index (χ2v) is 6.62. The highest BCUT2D eigenvalue weighted by molar-refractivity contribution is 5.84. The summed E-state index contributed by atoms with van der Waals surface area (Å²) in [6, 6.07) is 0.401. The van der Waals surface area contributed by atoms with Crippen LogP contribution in [0.3, 0.4) is 0 Å². The smallest absolute Gasteiger partial charge is 0.241 e. The van der Waals surface area contributed by atoms with E-state index in [1.807, 2.05) is 0 Å². The Hall–Kier alpha value is -0.570. The molecule has 1 N–H and O–H groups in total. The van der Waals surface area contributed by atoms with Gasteiger partial charge < -0.3 is 4.90 Å². The van der Waals surface area contributed by atoms with Crippen molar-refractivity contribution in [2.24, 2.45) is 11.8 Å². The summed E-state index contributed by atoms with van der Waals surface area (Å²) < 4.78 is 0. The van der Waals surface area contributed by atoms with E-state index in [-0.39, 0.29) is 12.2 Å². The van der Waals surface area contributed by atoms with Crippen molar-refractivity contribution >= 4 is 5.91 Å². The lowest BCUT2D eigenvalue weighted by Crippen LogP contribution is -2.46. The van der Waals surface area contributed by atoms with E-state index in [1.165, 1.54) is 0 Å². The predicted octanol–water partition coefficient (Wildman–Crippen LogP) is 3.39. The number of amides is 1. The van der Waals surface area contributed by atoms with Gasteiger partial charge in [0.1, 0.15) is 0 Å². The monoisotopic (exact) mass is 268 g/mol. The van der Waals surface area contributed by atoms with Gasteiger partial charge in [-0.25, -0.2) is 0 Å². The molecule has 0 spiro atoms. The molecular weight excluding hydrogens is 236 g/mol. The maximum absolute atomic E-state index is 12.7. The molecule has 3 nitrogen and oxygen atoms in total. The molecule has 1 aliphatic rings. The number of rotatable bonds is 7. The molecule has 1 heterocycles. The van der Waals surface area contributed by atoms with Gasteiger partial charge in [-0.3, -0.25) is 10.1 Å². The van der Waals surface area contributed by atoms with Gasteiger partial charge in [-0.05, 0) is 31.1 Å². The van der Waals surface area contributed by atoms with Crippen LogP contribution < -0.4 is 5.32 Å². The molecule has 1 aliphatic heterocycles. The minimum Gasteiger partial charge on any atom is -0.323 e. The molecule has 0 saturated carbocycles. The van der Waals surface area contributed by atoms with Gasteiger partial charge in [-0.1, -0.05) is 48.0 Å². The molecule has 1 amide bonds. The first-order valence-electron chi connectivity index (χ1n) is 8.00. The Morgan fingerprint density at radius 3 is 2.26 bits per heavy atom. The fourth-order valence-corrected chi connectivity index (χ4v) is 3.24. The van der Waals surface area contributed by atoms with Crippen molar-refractivity contribution in [1.82, 2.24) is 10.2 Å². The van der Waals surface area contributed by atoms with Crippen LogP contribution >= 0.6 is 0 Å². The van der Waals surface area contributed by atoms with E-state index < -0.39 is 0 Å². The zero-order valence-electron chi connectivity index (χ0n) is 13.6. The van der Waals surface area contributed by atoms with Crippen LogP contribution in [0, 0.1) is 11.8 Å². The summed E-state index contributed by atoms with van der Waals surface area (Å²) >= 11 is 0. The Morgan fingerprint density at radius 2 is 1.84 bits per heavy atom.